The zero-order chi connectivity index (χ0) is 13.8. The molecule has 0 aromatic heterocycles. The molecule has 0 aliphatic carbocycles. The summed E-state index contributed by atoms with van der Waals surface area (Å²) in [4.78, 5) is 0. The van der Waals surface area contributed by atoms with E-state index in [2.05, 4.69) is 19.2 Å². The summed E-state index contributed by atoms with van der Waals surface area (Å²) >= 11 is 0. The third kappa shape index (κ3) is 4.19. The van der Waals surface area contributed by atoms with Gasteiger partial charge in [-0.2, -0.15) is 4.31 Å². The van der Waals surface area contributed by atoms with Crippen molar-refractivity contribution in [2.75, 3.05) is 25.4 Å². The van der Waals surface area contributed by atoms with Gasteiger partial charge >= 0.3 is 0 Å². The molecule has 18 heavy (non-hydrogen) atoms. The maximum atomic E-state index is 11.9. The van der Waals surface area contributed by atoms with Crippen molar-refractivity contribution in [3.63, 3.8) is 0 Å². The van der Waals surface area contributed by atoms with E-state index in [1.165, 1.54) is 0 Å². The lowest BCUT2D eigenvalue weighted by Crippen LogP contribution is -2.51. The van der Waals surface area contributed by atoms with E-state index >= 15 is 0 Å². The molecule has 1 aliphatic rings. The summed E-state index contributed by atoms with van der Waals surface area (Å²) in [6.07, 6.45) is 1.75. The molecule has 1 saturated heterocycles. The van der Waals surface area contributed by atoms with Gasteiger partial charge in [-0.25, -0.2) is 8.42 Å². The van der Waals surface area contributed by atoms with E-state index in [1.807, 2.05) is 6.92 Å². The molecule has 0 unspecified atom stereocenters. The van der Waals surface area contributed by atoms with Gasteiger partial charge in [0.25, 0.3) is 0 Å². The number of rotatable bonds is 6. The van der Waals surface area contributed by atoms with E-state index in [1.54, 1.807) is 4.31 Å². The van der Waals surface area contributed by atoms with Crippen molar-refractivity contribution in [1.29, 1.82) is 0 Å². The van der Waals surface area contributed by atoms with Crippen molar-refractivity contribution in [3.8, 4) is 0 Å². The molecule has 0 bridgehead atoms. The van der Waals surface area contributed by atoms with Gasteiger partial charge in [-0.15, -0.1) is 0 Å². The topological polar surface area (TPSA) is 75.4 Å². The summed E-state index contributed by atoms with van der Waals surface area (Å²) in [5.74, 6) is 0.752. The molecule has 0 aromatic rings. The predicted molar refractivity (Wildman–Crippen MR) is 74.9 cm³/mol. The van der Waals surface area contributed by atoms with Crippen LogP contribution in [0.2, 0.25) is 0 Å². The zero-order valence-corrected chi connectivity index (χ0v) is 12.5. The first-order valence-electron chi connectivity index (χ1n) is 6.81. The summed E-state index contributed by atoms with van der Waals surface area (Å²) in [6, 6.07) is 0.253. The largest absolute Gasteiger partial charge is 0.329 e. The van der Waals surface area contributed by atoms with E-state index in [0.717, 1.165) is 12.8 Å². The van der Waals surface area contributed by atoms with Crippen LogP contribution in [-0.4, -0.2) is 50.2 Å². The van der Waals surface area contributed by atoms with Gasteiger partial charge in [0, 0.05) is 31.7 Å². The molecular weight excluding hydrogens is 250 g/mol. The Balaban J connectivity index is 2.51. The third-order valence-corrected chi connectivity index (χ3v) is 5.68. The molecule has 0 spiro atoms. The van der Waals surface area contributed by atoms with Crippen LogP contribution in [0.3, 0.4) is 0 Å². The average Bonchev–Trinajstić information content (AvgIpc) is 2.28. The number of hydrogen-bond donors (Lipinski definition) is 2. The molecule has 0 amide bonds. The van der Waals surface area contributed by atoms with Crippen LogP contribution >= 0.6 is 0 Å². The molecule has 0 radical (unpaired) electrons. The van der Waals surface area contributed by atoms with E-state index in [9.17, 15) is 8.42 Å². The monoisotopic (exact) mass is 277 g/mol. The fourth-order valence-corrected chi connectivity index (χ4v) is 4.15. The standard InChI is InChI=1S/C12H27N3O2S/c1-10(2)12(8-13)14-9-11(3)15-6-4-5-7-18(15,16)17/h10-12,14H,4-9,13H2,1-3H3/t11-,12-/m0/s1. The predicted octanol–water partition coefficient (Wildman–Crippen LogP) is 0.373. The van der Waals surface area contributed by atoms with Crippen LogP contribution in [-0.2, 0) is 10.0 Å². The normalized spacial score (nSPS) is 24.1. The minimum absolute atomic E-state index is 0.00287. The van der Waals surface area contributed by atoms with Crippen LogP contribution in [0.5, 0.6) is 0 Å². The van der Waals surface area contributed by atoms with Gasteiger partial charge in [0.15, 0.2) is 0 Å². The van der Waals surface area contributed by atoms with E-state index in [0.29, 0.717) is 31.3 Å². The van der Waals surface area contributed by atoms with Crippen molar-refractivity contribution in [2.24, 2.45) is 11.7 Å². The number of nitrogens with two attached hydrogens (primary N) is 1. The molecule has 1 rings (SSSR count). The van der Waals surface area contributed by atoms with Crippen LogP contribution in [0.4, 0.5) is 0 Å². The highest BCUT2D eigenvalue weighted by Gasteiger charge is 2.30. The van der Waals surface area contributed by atoms with Gasteiger partial charge in [-0.3, -0.25) is 0 Å². The van der Waals surface area contributed by atoms with Crippen LogP contribution in [0.1, 0.15) is 33.6 Å². The third-order valence-electron chi connectivity index (χ3n) is 3.61. The van der Waals surface area contributed by atoms with Crippen LogP contribution in [0.25, 0.3) is 0 Å². The lowest BCUT2D eigenvalue weighted by molar-refractivity contribution is 0.288. The Morgan fingerprint density at radius 1 is 1.28 bits per heavy atom. The molecule has 1 aliphatic heterocycles. The molecule has 1 heterocycles. The second-order valence-corrected chi connectivity index (χ2v) is 7.52. The molecule has 108 valence electrons. The Kier molecular flexibility index (Phi) is 6.04. The number of sulfonamides is 1. The average molecular weight is 277 g/mol. The Morgan fingerprint density at radius 2 is 1.94 bits per heavy atom. The number of nitrogens with one attached hydrogen (secondary N) is 1. The van der Waals surface area contributed by atoms with Crippen molar-refractivity contribution >= 4 is 10.0 Å². The van der Waals surface area contributed by atoms with Gasteiger partial charge in [0.1, 0.15) is 0 Å². The van der Waals surface area contributed by atoms with E-state index in [4.69, 9.17) is 5.73 Å². The molecule has 0 saturated carbocycles. The molecule has 5 nitrogen and oxygen atoms in total. The van der Waals surface area contributed by atoms with Crippen molar-refractivity contribution in [2.45, 2.75) is 45.7 Å². The molecular formula is C12H27N3O2S. The fraction of sp³-hybridized carbons (Fsp3) is 1.00. The summed E-state index contributed by atoms with van der Waals surface area (Å²) in [5.41, 5.74) is 5.70. The first kappa shape index (κ1) is 15.9. The molecule has 3 N–H and O–H groups in total. The van der Waals surface area contributed by atoms with Gasteiger partial charge in [-0.05, 0) is 25.7 Å². The Morgan fingerprint density at radius 3 is 2.44 bits per heavy atom. The number of hydrogen-bond acceptors (Lipinski definition) is 4. The SMILES string of the molecule is CC(C)[C@H](CN)NC[C@H](C)N1CCCCS1(=O)=O. The second kappa shape index (κ2) is 6.84. The van der Waals surface area contributed by atoms with E-state index < -0.39 is 10.0 Å². The summed E-state index contributed by atoms with van der Waals surface area (Å²) < 4.78 is 25.5. The van der Waals surface area contributed by atoms with Crippen molar-refractivity contribution in [3.05, 3.63) is 0 Å². The smallest absolute Gasteiger partial charge is 0.214 e. The van der Waals surface area contributed by atoms with Gasteiger partial charge < -0.3 is 11.1 Å². The Hall–Kier alpha value is -0.170. The Labute approximate surface area is 111 Å². The van der Waals surface area contributed by atoms with Crippen LogP contribution in [0, 0.1) is 5.92 Å². The summed E-state index contributed by atoms with van der Waals surface area (Å²) in [7, 11) is -3.04. The minimum Gasteiger partial charge on any atom is -0.329 e. The maximum Gasteiger partial charge on any atom is 0.214 e. The van der Waals surface area contributed by atoms with Crippen molar-refractivity contribution < 1.29 is 8.42 Å². The zero-order valence-electron chi connectivity index (χ0n) is 11.7. The quantitative estimate of drug-likeness (QED) is 0.736. The van der Waals surface area contributed by atoms with Crippen LogP contribution < -0.4 is 11.1 Å². The van der Waals surface area contributed by atoms with Gasteiger partial charge in [0.05, 0.1) is 5.75 Å². The first-order chi connectivity index (χ1) is 8.38. The van der Waals surface area contributed by atoms with Gasteiger partial charge in [-0.1, -0.05) is 13.8 Å². The minimum atomic E-state index is -3.04. The summed E-state index contributed by atoms with van der Waals surface area (Å²) in [5, 5.41) is 3.37. The van der Waals surface area contributed by atoms with Crippen molar-refractivity contribution in [1.82, 2.24) is 9.62 Å². The second-order valence-electron chi connectivity index (χ2n) is 5.48. The van der Waals surface area contributed by atoms with E-state index in [-0.39, 0.29) is 12.1 Å². The summed E-state index contributed by atoms with van der Waals surface area (Å²) in [6.45, 7) is 8.10. The number of nitrogens with zero attached hydrogens (tertiary/aromatic N) is 1. The van der Waals surface area contributed by atoms with Crippen LogP contribution in [0.15, 0.2) is 0 Å². The molecule has 2 atom stereocenters. The Bertz CT molecular complexity index is 343. The lowest BCUT2D eigenvalue weighted by atomic mass is 10.0. The highest BCUT2D eigenvalue weighted by Crippen LogP contribution is 2.16. The lowest BCUT2D eigenvalue weighted by Gasteiger charge is -2.33. The fourth-order valence-electron chi connectivity index (χ4n) is 2.32. The maximum absolute atomic E-state index is 11.9. The highest BCUT2D eigenvalue weighted by molar-refractivity contribution is 7.89. The molecule has 6 heteroatoms. The highest BCUT2D eigenvalue weighted by atomic mass is 32.2. The van der Waals surface area contributed by atoms with Gasteiger partial charge in [0.2, 0.25) is 10.0 Å². The first-order valence-corrected chi connectivity index (χ1v) is 8.42. The molecule has 0 aromatic carbocycles. The molecule has 1 fully saturated rings.